The number of fused-ring (bicyclic) bond motifs is 4. The summed E-state index contributed by atoms with van der Waals surface area (Å²) in [5.41, 5.74) is -3.33. The number of aromatic nitrogens is 6. The minimum absolute atomic E-state index is 0. The fourth-order valence-corrected chi connectivity index (χ4v) is 16.6. The average molecular weight is 1850 g/mol. The largest absolute Gasteiger partial charge is 1.00 e. The Morgan fingerprint density at radius 1 is 0.328 bits per heavy atom. The fraction of sp³-hybridized carbons (Fsp3) is 0. The van der Waals surface area contributed by atoms with E-state index in [2.05, 4.69) is 71.6 Å². The van der Waals surface area contributed by atoms with Crippen LogP contribution in [0.5, 0.6) is 0 Å². The van der Waals surface area contributed by atoms with E-state index in [1.165, 1.54) is 12.1 Å². The van der Waals surface area contributed by atoms with E-state index < -0.39 is 232 Å². The summed E-state index contributed by atoms with van der Waals surface area (Å²) in [5.74, 6) is -3.31. The molecule has 2 aliphatic carbocycles. The van der Waals surface area contributed by atoms with Crippen molar-refractivity contribution in [3.63, 3.8) is 0 Å². The van der Waals surface area contributed by atoms with Gasteiger partial charge in [-0.25, -0.2) is 77.3 Å². The average Bonchev–Trinajstić information content (AvgIpc) is 0.766. The molecule has 116 heavy (non-hydrogen) atoms. The first-order valence-electron chi connectivity index (χ1n) is 28.7. The number of Topliss-reactive ketones (excluding diaryl/α,β-unsaturated/α-hetero) is 2. The molecule has 40 nitrogen and oxygen atoms in total. The zero-order valence-corrected chi connectivity index (χ0v) is 84.1. The van der Waals surface area contributed by atoms with Gasteiger partial charge in [0.05, 0.1) is 61.9 Å². The zero-order valence-electron chi connectivity index (χ0n) is 60.1. The maximum atomic E-state index is 13.9. The molecule has 58 heteroatoms. The van der Waals surface area contributed by atoms with Crippen LogP contribution in [0, 0.1) is 0 Å². The second kappa shape index (κ2) is 40.4. The quantitative estimate of drug-likeness (QED) is 0.0249. The summed E-state index contributed by atoms with van der Waals surface area (Å²) >= 11 is 12.5. The van der Waals surface area contributed by atoms with Gasteiger partial charge in [-0.2, -0.15) is 30.1 Å². The van der Waals surface area contributed by atoms with Crippen molar-refractivity contribution in [2.45, 2.75) is 29.4 Å². The van der Waals surface area contributed by atoms with E-state index in [4.69, 9.17) is 23.2 Å². The van der Waals surface area contributed by atoms with Crippen molar-refractivity contribution in [1.29, 1.82) is 0 Å². The third-order valence-corrected chi connectivity index (χ3v) is 22.5. The summed E-state index contributed by atoms with van der Waals surface area (Å²) in [5, 5.41) is 9.66. The second-order valence-electron chi connectivity index (χ2n) is 22.1. The number of carbonyl (C=O) groups is 2. The predicted molar refractivity (Wildman–Crippen MR) is 366 cm³/mol. The number of allylic oxidation sites excluding steroid dienone is 2. The van der Waals surface area contributed by atoms with Crippen LogP contribution in [0.1, 0.15) is 31.8 Å². The fourth-order valence-electron chi connectivity index (χ4n) is 10.8. The molecule has 0 fully saturated rings. The van der Waals surface area contributed by atoms with Gasteiger partial charge in [-0.1, -0.05) is 36.4 Å². The number of hydrazone groups is 2. The van der Waals surface area contributed by atoms with Crippen molar-refractivity contribution in [3.8, 4) is 11.1 Å². The molecule has 8 aromatic carbocycles. The number of halogens is 2. The number of carbonyl (C=O) groups excluding carboxylic acids is 2. The Kier molecular flexibility index (Phi) is 36.7. The first-order valence-corrected chi connectivity index (χ1v) is 40.7. The van der Waals surface area contributed by atoms with Crippen LogP contribution in [0.2, 0.25) is 10.6 Å². The van der Waals surface area contributed by atoms with Gasteiger partial charge in [0, 0.05) is 55.2 Å². The van der Waals surface area contributed by atoms with Gasteiger partial charge in [-0.15, -0.1) is 0 Å². The van der Waals surface area contributed by atoms with Crippen LogP contribution >= 0.6 is 23.2 Å². The number of nitrogens with zero attached hydrogens (tertiary/aromatic N) is 8. The van der Waals surface area contributed by atoms with Gasteiger partial charge in [0.1, 0.15) is 92.4 Å². The maximum Gasteiger partial charge on any atom is 1.00 e. The first kappa shape index (κ1) is 105. The molecular weight excluding hydrogens is 1820 g/mol. The minimum Gasteiger partial charge on any atom is -0.744 e. The van der Waals surface area contributed by atoms with Crippen molar-refractivity contribution in [2.24, 2.45) is 20.2 Å². The molecule has 10 aromatic rings. The molecule has 6 N–H and O–H groups in total. The third kappa shape index (κ3) is 24.4. The standard InChI is InChI=1S/C58H38Cl2N14O26S8.8Na/c59-53-65-55(61-27-7-11-33-25(15-27)17-47(107(95,96)97)49(51(33)75)73-71-31-19-39-35(45(23-31)105(89,90)91)3-1-5-41(39)101(77,78)79)69-57(67-53)63-29-9-13-37(43(21-29)103(83,84)85)38-14-10-30(22-44(38)104(86,87)88)64-58-68-54(60)66-56(70-58)62-28-8-12-34-26(16-28)18-48(108(98,99)100)50(52(34)76)74-72-32-20-40-36(46(24-32)106(92,93)94)4-2-6-42(40)102(80,81)82;;;;;;;;/h1-24,71-72H,(H,77,78,79)(H,80,81,82)(H,83,84,85)(H,86,87,88)(H,89,90,91)(H,92,93,94)(H,95,96,97)(H,98,99,100)(H2,61,63,65,67,69)(H2,62,64,66,68,70);;;;;;;;/q;8*+1/p-8/b73-49-,74-50+;;;;;;;;. The monoisotopic (exact) mass is 1850 g/mol. The topological polar surface area (TPSA) is 672 Å². The number of anilines is 6. The molecular formula is C58H30Cl2N14Na8O26S8. The van der Waals surface area contributed by atoms with Crippen molar-refractivity contribution in [3.05, 3.63) is 187 Å². The summed E-state index contributed by atoms with van der Waals surface area (Å²) in [6.45, 7) is 0. The van der Waals surface area contributed by atoms with Crippen LogP contribution in [0.15, 0.2) is 193 Å². The molecule has 0 saturated carbocycles. The molecule has 0 saturated heterocycles. The van der Waals surface area contributed by atoms with E-state index in [9.17, 15) is 113 Å². The summed E-state index contributed by atoms with van der Waals surface area (Å²) in [6.07, 6.45) is 1.43. The second-order valence-corrected chi connectivity index (χ2v) is 33.6. The predicted octanol–water partition coefficient (Wildman–Crippen LogP) is -20.3. The van der Waals surface area contributed by atoms with Crippen LogP contribution in [0.25, 0.3) is 44.8 Å². The molecule has 0 aliphatic heterocycles. The van der Waals surface area contributed by atoms with Crippen LogP contribution in [0.3, 0.4) is 0 Å². The van der Waals surface area contributed by atoms with E-state index in [1.54, 1.807) is 0 Å². The van der Waals surface area contributed by atoms with E-state index >= 15 is 0 Å². The minimum atomic E-state index is -5.65. The SMILES string of the molecule is O=C1/C(=N/Nc2cc(S(=O)(=O)[O-])c3cccc(S(=O)(=O)[O-])c3c2)C(S(=O)(=O)[O-])=Cc2cc(Nc3nc(Cl)[nH]c(=Nc4ccc(-c5ccc(N=c6nc(Nc7ccc8c(c7)C=C(S(=O)(=O)[O-])/C(=N/Nc7cc(S(=O)(=O)[O-])c9cccc(S(=O)(=O)[O-])c9c7)C8=O)nc(Cl)[nH]6)cc5S(=O)(=O)[O-])c(S(=O)(=O)[O-])c4)n3)ccc21.[Na+].[Na+].[Na+].[Na+].[Na+].[Na+].[Na+].[Na+]. The summed E-state index contributed by atoms with van der Waals surface area (Å²) in [4.78, 5) is 48.2. The summed E-state index contributed by atoms with van der Waals surface area (Å²) < 4.78 is 299. The molecule has 12 rings (SSSR count). The number of nitrogens with one attached hydrogen (secondary N) is 6. The van der Waals surface area contributed by atoms with E-state index in [0.717, 1.165) is 97.1 Å². The van der Waals surface area contributed by atoms with Crippen molar-refractivity contribution >= 4 is 207 Å². The summed E-state index contributed by atoms with van der Waals surface area (Å²) in [6, 6.07) is 20.7. The van der Waals surface area contributed by atoms with Gasteiger partial charge in [0.15, 0.2) is 0 Å². The number of ketones is 2. The van der Waals surface area contributed by atoms with Gasteiger partial charge < -0.3 is 47.1 Å². The number of aromatic amines is 2. The van der Waals surface area contributed by atoms with Gasteiger partial charge >= 0.3 is 236 Å². The molecule has 0 radical (unpaired) electrons. The van der Waals surface area contributed by atoms with Crippen molar-refractivity contribution in [2.75, 3.05) is 21.5 Å². The van der Waals surface area contributed by atoms with Crippen LogP contribution in [-0.4, -0.2) is 157 Å². The van der Waals surface area contributed by atoms with Gasteiger partial charge in [-0.3, -0.25) is 30.4 Å². The molecule has 0 atom stereocenters. The van der Waals surface area contributed by atoms with Gasteiger partial charge in [0.2, 0.25) is 45.3 Å². The number of hydrogen-bond acceptors (Lipinski definition) is 38. The Balaban J connectivity index is 0.00000354. The number of rotatable bonds is 19. The summed E-state index contributed by atoms with van der Waals surface area (Å²) in [7, 11) is -44.0. The molecule has 558 valence electrons. The Labute approximate surface area is 842 Å². The Morgan fingerprint density at radius 2 is 0.647 bits per heavy atom. The van der Waals surface area contributed by atoms with E-state index in [-0.39, 0.29) is 270 Å². The molecule has 0 spiro atoms. The molecule has 0 unspecified atom stereocenters. The van der Waals surface area contributed by atoms with Crippen LogP contribution < -0.4 is 269 Å². The van der Waals surface area contributed by atoms with Gasteiger partial charge in [-0.05, 0) is 144 Å². The molecule has 2 heterocycles. The molecule has 0 amide bonds. The van der Waals surface area contributed by atoms with Crippen LogP contribution in [-0.2, 0) is 80.9 Å². The number of hydrogen-bond donors (Lipinski definition) is 6. The molecule has 0 bridgehead atoms. The molecule has 2 aliphatic rings. The Hall–Kier alpha value is -2.88. The Morgan fingerprint density at radius 3 is 0.957 bits per heavy atom. The number of H-pyrrole nitrogens is 2. The van der Waals surface area contributed by atoms with Crippen molar-refractivity contribution < 1.29 is 350 Å². The van der Waals surface area contributed by atoms with Gasteiger partial charge in [0.25, 0.3) is 0 Å². The van der Waals surface area contributed by atoms with Crippen molar-refractivity contribution in [1.82, 2.24) is 29.9 Å². The van der Waals surface area contributed by atoms with E-state index in [1.807, 2.05) is 0 Å². The van der Waals surface area contributed by atoms with Crippen LogP contribution in [0.4, 0.5) is 46.0 Å². The van der Waals surface area contributed by atoms with E-state index in [0.29, 0.717) is 36.4 Å². The zero-order chi connectivity index (χ0) is 78.5. The smallest absolute Gasteiger partial charge is 0.744 e. The normalized spacial score (nSPS) is 14.1. The maximum absolute atomic E-state index is 13.9. The Bertz CT molecular complexity index is 6650. The third-order valence-electron chi connectivity index (χ3n) is 15.1. The molecule has 2 aromatic heterocycles. The number of benzene rings is 8. The first-order chi connectivity index (χ1) is 50.1.